The molecule has 0 saturated heterocycles. The van der Waals surface area contributed by atoms with E-state index in [0.717, 1.165) is 24.0 Å². The standard InChI is InChI=1S/C21H18O2/c1-11-13-8-9-16-15-7-6-12-4-2-3-5-14(12)17(15)10-18(19(13)16)21(23)20(11)22/h2-7,10,20-23H,8-9H2,1H3. The van der Waals surface area contributed by atoms with Crippen LogP contribution < -0.4 is 0 Å². The number of aliphatic hydroxyl groups excluding tert-OH is 2. The lowest BCUT2D eigenvalue weighted by atomic mass is 9.81. The van der Waals surface area contributed by atoms with E-state index in [-0.39, 0.29) is 0 Å². The van der Waals surface area contributed by atoms with Crippen LogP contribution in [0.3, 0.4) is 0 Å². The summed E-state index contributed by atoms with van der Waals surface area (Å²) in [5.74, 6) is 0. The maximum absolute atomic E-state index is 10.6. The van der Waals surface area contributed by atoms with Gasteiger partial charge < -0.3 is 10.2 Å². The molecule has 2 N–H and O–H groups in total. The second-order valence-electron chi connectivity index (χ2n) is 6.75. The number of aliphatic hydroxyl groups is 2. The fraction of sp³-hybridized carbons (Fsp3) is 0.238. The average Bonchev–Trinajstić information content (AvgIpc) is 3.03. The van der Waals surface area contributed by atoms with Gasteiger partial charge in [0.1, 0.15) is 12.2 Å². The molecule has 0 aliphatic heterocycles. The number of fused-ring (bicyclic) bond motifs is 4. The molecule has 0 bridgehead atoms. The predicted octanol–water partition coefficient (Wildman–Crippen LogP) is 4.12. The summed E-state index contributed by atoms with van der Waals surface area (Å²) in [4.78, 5) is 0. The molecule has 0 aromatic heterocycles. The van der Waals surface area contributed by atoms with Crippen LogP contribution in [0.2, 0.25) is 0 Å². The van der Waals surface area contributed by atoms with Crippen molar-refractivity contribution in [3.8, 4) is 0 Å². The highest BCUT2D eigenvalue weighted by Gasteiger charge is 2.36. The van der Waals surface area contributed by atoms with E-state index in [1.807, 2.05) is 13.0 Å². The first-order valence-electron chi connectivity index (χ1n) is 8.20. The molecule has 5 rings (SSSR count). The zero-order valence-electron chi connectivity index (χ0n) is 13.0. The van der Waals surface area contributed by atoms with Crippen LogP contribution in [0.4, 0.5) is 0 Å². The van der Waals surface area contributed by atoms with E-state index in [1.54, 1.807) is 0 Å². The Balaban J connectivity index is 1.98. The summed E-state index contributed by atoms with van der Waals surface area (Å²) in [6.45, 7) is 1.95. The van der Waals surface area contributed by atoms with Crippen molar-refractivity contribution in [1.29, 1.82) is 0 Å². The summed E-state index contributed by atoms with van der Waals surface area (Å²) in [7, 11) is 0. The van der Waals surface area contributed by atoms with Gasteiger partial charge in [-0.1, -0.05) is 36.4 Å². The fourth-order valence-corrected chi connectivity index (χ4v) is 4.45. The van der Waals surface area contributed by atoms with E-state index in [2.05, 4.69) is 36.4 Å². The third kappa shape index (κ3) is 1.60. The van der Waals surface area contributed by atoms with Crippen molar-refractivity contribution in [3.05, 3.63) is 64.7 Å². The molecule has 2 heteroatoms. The molecule has 0 radical (unpaired) electrons. The van der Waals surface area contributed by atoms with E-state index < -0.39 is 12.2 Å². The summed E-state index contributed by atoms with van der Waals surface area (Å²) in [5.41, 5.74) is 5.60. The van der Waals surface area contributed by atoms with Crippen molar-refractivity contribution in [3.63, 3.8) is 0 Å². The summed E-state index contributed by atoms with van der Waals surface area (Å²) in [6, 6.07) is 14.9. The lowest BCUT2D eigenvalue weighted by molar-refractivity contribution is 0.0395. The number of hydrogen-bond acceptors (Lipinski definition) is 2. The molecule has 23 heavy (non-hydrogen) atoms. The SMILES string of the molecule is CC1=C2CCc3c2c(cc2c3ccc3ccccc32)C(O)C1O. The summed E-state index contributed by atoms with van der Waals surface area (Å²) < 4.78 is 0. The van der Waals surface area contributed by atoms with Gasteiger partial charge in [0.25, 0.3) is 0 Å². The molecular weight excluding hydrogens is 284 g/mol. The zero-order valence-corrected chi connectivity index (χ0v) is 13.0. The zero-order chi connectivity index (χ0) is 15.7. The van der Waals surface area contributed by atoms with Crippen molar-refractivity contribution in [1.82, 2.24) is 0 Å². The van der Waals surface area contributed by atoms with Crippen molar-refractivity contribution < 1.29 is 10.2 Å². The number of benzene rings is 3. The quantitative estimate of drug-likeness (QED) is 0.613. The highest BCUT2D eigenvalue weighted by atomic mass is 16.3. The minimum atomic E-state index is -0.825. The maximum Gasteiger partial charge on any atom is 0.109 e. The molecule has 114 valence electrons. The topological polar surface area (TPSA) is 40.5 Å². The summed E-state index contributed by atoms with van der Waals surface area (Å²) in [6.07, 6.45) is 0.346. The molecule has 3 aromatic rings. The van der Waals surface area contributed by atoms with Crippen molar-refractivity contribution >= 4 is 27.1 Å². The van der Waals surface area contributed by atoms with Gasteiger partial charge in [-0.05, 0) is 75.2 Å². The summed E-state index contributed by atoms with van der Waals surface area (Å²) >= 11 is 0. The van der Waals surface area contributed by atoms with Gasteiger partial charge in [0, 0.05) is 0 Å². The Kier molecular flexibility index (Phi) is 2.56. The Hall–Kier alpha value is -2.16. The molecule has 0 spiro atoms. The first-order valence-corrected chi connectivity index (χ1v) is 8.20. The molecule has 0 saturated carbocycles. The maximum atomic E-state index is 10.6. The molecule has 2 nitrogen and oxygen atoms in total. The van der Waals surface area contributed by atoms with E-state index >= 15 is 0 Å². The average molecular weight is 302 g/mol. The van der Waals surface area contributed by atoms with Crippen LogP contribution in [-0.2, 0) is 6.42 Å². The van der Waals surface area contributed by atoms with Gasteiger partial charge in [-0.15, -0.1) is 0 Å². The number of rotatable bonds is 0. The van der Waals surface area contributed by atoms with Crippen LogP contribution in [0.15, 0.2) is 48.0 Å². The van der Waals surface area contributed by atoms with Crippen LogP contribution in [0, 0.1) is 0 Å². The number of hydrogen-bond donors (Lipinski definition) is 2. The molecule has 2 aliphatic carbocycles. The Morgan fingerprint density at radius 1 is 0.870 bits per heavy atom. The first kappa shape index (κ1) is 13.3. The van der Waals surface area contributed by atoms with E-state index in [4.69, 9.17) is 0 Å². The molecule has 0 amide bonds. The number of allylic oxidation sites excluding steroid dienone is 1. The lowest BCUT2D eigenvalue weighted by Crippen LogP contribution is -2.25. The Bertz CT molecular complexity index is 1010. The molecule has 2 unspecified atom stereocenters. The van der Waals surface area contributed by atoms with Crippen LogP contribution >= 0.6 is 0 Å². The minimum Gasteiger partial charge on any atom is -0.386 e. The third-order valence-electron chi connectivity index (χ3n) is 5.65. The van der Waals surface area contributed by atoms with Gasteiger partial charge in [-0.25, -0.2) is 0 Å². The van der Waals surface area contributed by atoms with Crippen molar-refractivity contribution in [2.24, 2.45) is 0 Å². The van der Waals surface area contributed by atoms with Gasteiger partial charge in [-0.3, -0.25) is 0 Å². The largest absolute Gasteiger partial charge is 0.386 e. The van der Waals surface area contributed by atoms with Crippen molar-refractivity contribution in [2.45, 2.75) is 32.0 Å². The molecule has 2 aliphatic rings. The first-order chi connectivity index (χ1) is 11.2. The van der Waals surface area contributed by atoms with Gasteiger partial charge >= 0.3 is 0 Å². The lowest BCUT2D eigenvalue weighted by Gasteiger charge is -2.29. The summed E-state index contributed by atoms with van der Waals surface area (Å²) in [5, 5.41) is 25.9. The van der Waals surface area contributed by atoms with Gasteiger partial charge in [0.2, 0.25) is 0 Å². The fourth-order valence-electron chi connectivity index (χ4n) is 4.45. The highest BCUT2D eigenvalue weighted by molar-refractivity contribution is 6.10. The Morgan fingerprint density at radius 3 is 2.57 bits per heavy atom. The van der Waals surface area contributed by atoms with Crippen molar-refractivity contribution in [2.75, 3.05) is 0 Å². The Morgan fingerprint density at radius 2 is 1.70 bits per heavy atom. The normalized spacial score (nSPS) is 22.9. The third-order valence-corrected chi connectivity index (χ3v) is 5.65. The molecule has 0 heterocycles. The predicted molar refractivity (Wildman–Crippen MR) is 93.3 cm³/mol. The highest BCUT2D eigenvalue weighted by Crippen LogP contribution is 2.48. The molecule has 3 aromatic carbocycles. The van der Waals surface area contributed by atoms with Crippen LogP contribution in [0.25, 0.3) is 27.1 Å². The molecule has 2 atom stereocenters. The second kappa shape index (κ2) is 4.44. The molecular formula is C21H18O2. The van der Waals surface area contributed by atoms with Gasteiger partial charge in [-0.2, -0.15) is 0 Å². The number of aryl methyl sites for hydroxylation is 1. The second-order valence-corrected chi connectivity index (χ2v) is 6.75. The van der Waals surface area contributed by atoms with E-state index in [9.17, 15) is 10.2 Å². The molecule has 0 fully saturated rings. The van der Waals surface area contributed by atoms with E-state index in [1.165, 1.54) is 38.2 Å². The smallest absolute Gasteiger partial charge is 0.109 e. The minimum absolute atomic E-state index is 0.782. The van der Waals surface area contributed by atoms with Gasteiger partial charge in [0.05, 0.1) is 0 Å². The van der Waals surface area contributed by atoms with Gasteiger partial charge in [0.15, 0.2) is 0 Å². The van der Waals surface area contributed by atoms with Crippen LogP contribution in [0.1, 0.15) is 36.1 Å². The Labute approximate surface area is 134 Å². The van der Waals surface area contributed by atoms with Crippen LogP contribution in [0.5, 0.6) is 0 Å². The van der Waals surface area contributed by atoms with Crippen LogP contribution in [-0.4, -0.2) is 16.3 Å². The monoisotopic (exact) mass is 302 g/mol. The van der Waals surface area contributed by atoms with E-state index in [0.29, 0.717) is 0 Å².